The van der Waals surface area contributed by atoms with E-state index in [9.17, 15) is 14.4 Å². The van der Waals surface area contributed by atoms with E-state index in [0.717, 1.165) is 11.1 Å². The molecule has 0 aliphatic carbocycles. The second-order valence-corrected chi connectivity index (χ2v) is 10.5. The Morgan fingerprint density at radius 3 is 1.90 bits per heavy atom. The van der Waals surface area contributed by atoms with Gasteiger partial charge in [-0.25, -0.2) is 4.79 Å². The van der Waals surface area contributed by atoms with Crippen LogP contribution in [-0.4, -0.2) is 43.0 Å². The Labute approximate surface area is 237 Å². The fourth-order valence-corrected chi connectivity index (χ4v) is 4.39. The molecule has 7 heteroatoms. The minimum Gasteiger partial charge on any atom is -0.459 e. The molecule has 212 valence electrons. The lowest BCUT2D eigenvalue weighted by Gasteiger charge is -2.24. The summed E-state index contributed by atoms with van der Waals surface area (Å²) in [5.74, 6) is -0.823. The minimum absolute atomic E-state index is 0.0737. The third-order valence-electron chi connectivity index (χ3n) is 6.57. The summed E-state index contributed by atoms with van der Waals surface area (Å²) < 4.78 is 5.53. The first-order valence-electron chi connectivity index (χ1n) is 13.9. The highest BCUT2D eigenvalue weighted by Gasteiger charge is 2.28. The number of rotatable bonds is 15. The monoisotopic (exact) mass is 543 g/mol. The number of nitrogens with one attached hydrogen (secondary N) is 3. The van der Waals surface area contributed by atoms with Crippen LogP contribution in [0, 0.1) is 5.92 Å². The van der Waals surface area contributed by atoms with E-state index in [-0.39, 0.29) is 30.9 Å². The molecule has 3 unspecified atom stereocenters. The highest BCUT2D eigenvalue weighted by Crippen LogP contribution is 2.13. The van der Waals surface area contributed by atoms with Crippen molar-refractivity contribution in [1.29, 1.82) is 0 Å². The number of carbonyl (C=O) groups excluding carboxylic acids is 3. The van der Waals surface area contributed by atoms with Gasteiger partial charge in [-0.2, -0.15) is 0 Å². The van der Waals surface area contributed by atoms with Crippen LogP contribution in [0.25, 0.3) is 0 Å². The van der Waals surface area contributed by atoms with Crippen molar-refractivity contribution in [3.05, 3.63) is 108 Å². The van der Waals surface area contributed by atoms with Crippen LogP contribution in [-0.2, 0) is 32.1 Å². The maximum absolute atomic E-state index is 13.5. The van der Waals surface area contributed by atoms with Crippen LogP contribution in [0.2, 0.25) is 0 Å². The molecule has 0 fully saturated rings. The molecule has 3 N–H and O–H groups in total. The van der Waals surface area contributed by atoms with Crippen molar-refractivity contribution < 1.29 is 19.1 Å². The molecule has 0 aliphatic rings. The first-order chi connectivity index (χ1) is 19.3. The molecule has 40 heavy (non-hydrogen) atoms. The standard InChI is InChI=1S/C33H41N3O4/c1-24(2)19-30(33(39)40-23-27-15-9-5-10-16-27)36-32(38)29(20-26-13-7-4-8-14-26)35-31(37)22-34-21-25(3)28-17-11-6-12-18-28/h4-18,24-25,29-30,34H,19-23H2,1-3H3,(H,35,37)(H,36,38). The number of hydrogen-bond donors (Lipinski definition) is 3. The first kappa shape index (κ1) is 30.6. The summed E-state index contributed by atoms with van der Waals surface area (Å²) in [6, 6.07) is 27.3. The first-order valence-corrected chi connectivity index (χ1v) is 13.9. The van der Waals surface area contributed by atoms with Gasteiger partial charge in [0.15, 0.2) is 0 Å². The zero-order chi connectivity index (χ0) is 28.7. The van der Waals surface area contributed by atoms with Gasteiger partial charge in [-0.1, -0.05) is 112 Å². The van der Waals surface area contributed by atoms with Gasteiger partial charge in [0, 0.05) is 13.0 Å². The van der Waals surface area contributed by atoms with Crippen LogP contribution in [0.15, 0.2) is 91.0 Å². The number of esters is 1. The molecule has 0 spiro atoms. The van der Waals surface area contributed by atoms with Gasteiger partial charge in [-0.05, 0) is 34.9 Å². The minimum atomic E-state index is -0.847. The van der Waals surface area contributed by atoms with Crippen molar-refractivity contribution >= 4 is 17.8 Å². The summed E-state index contributed by atoms with van der Waals surface area (Å²) in [7, 11) is 0. The van der Waals surface area contributed by atoms with Crippen LogP contribution >= 0.6 is 0 Å². The molecule has 3 aromatic rings. The van der Waals surface area contributed by atoms with E-state index in [1.54, 1.807) is 0 Å². The summed E-state index contributed by atoms with van der Waals surface area (Å²) in [6.45, 7) is 6.88. The Bertz CT molecular complexity index is 1190. The lowest BCUT2D eigenvalue weighted by Crippen LogP contribution is -2.54. The number of amides is 2. The number of carbonyl (C=O) groups is 3. The Morgan fingerprint density at radius 2 is 1.30 bits per heavy atom. The molecular formula is C33H41N3O4. The van der Waals surface area contributed by atoms with Crippen LogP contribution in [0.5, 0.6) is 0 Å². The van der Waals surface area contributed by atoms with Crippen molar-refractivity contribution in [3.8, 4) is 0 Å². The number of benzene rings is 3. The van der Waals surface area contributed by atoms with Gasteiger partial charge >= 0.3 is 5.97 Å². The van der Waals surface area contributed by atoms with Crippen molar-refractivity contribution in [3.63, 3.8) is 0 Å². The molecule has 0 aliphatic heterocycles. The van der Waals surface area contributed by atoms with Gasteiger partial charge < -0.3 is 20.7 Å². The van der Waals surface area contributed by atoms with Crippen molar-refractivity contribution in [2.75, 3.05) is 13.1 Å². The molecule has 0 aromatic heterocycles. The quantitative estimate of drug-likeness (QED) is 0.247. The molecule has 7 nitrogen and oxygen atoms in total. The predicted octanol–water partition coefficient (Wildman–Crippen LogP) is 4.38. The van der Waals surface area contributed by atoms with E-state index in [0.29, 0.717) is 19.4 Å². The van der Waals surface area contributed by atoms with E-state index in [1.165, 1.54) is 5.56 Å². The van der Waals surface area contributed by atoms with Gasteiger partial charge in [0.25, 0.3) is 0 Å². The van der Waals surface area contributed by atoms with Crippen molar-refractivity contribution in [2.24, 2.45) is 5.92 Å². The third-order valence-corrected chi connectivity index (χ3v) is 6.57. The molecule has 0 bridgehead atoms. The summed E-state index contributed by atoms with van der Waals surface area (Å²) >= 11 is 0. The van der Waals surface area contributed by atoms with E-state index in [1.807, 2.05) is 92.7 Å². The number of ether oxygens (including phenoxy) is 1. The predicted molar refractivity (Wildman–Crippen MR) is 157 cm³/mol. The fourth-order valence-electron chi connectivity index (χ4n) is 4.39. The second-order valence-electron chi connectivity index (χ2n) is 10.5. The summed E-state index contributed by atoms with van der Waals surface area (Å²) in [5, 5.41) is 8.92. The highest BCUT2D eigenvalue weighted by atomic mass is 16.5. The fraction of sp³-hybridized carbons (Fsp3) is 0.364. The normalized spacial score (nSPS) is 13.2. The average molecular weight is 544 g/mol. The van der Waals surface area contributed by atoms with Crippen LogP contribution < -0.4 is 16.0 Å². The summed E-state index contributed by atoms with van der Waals surface area (Å²) in [4.78, 5) is 39.3. The molecular weight excluding hydrogens is 502 g/mol. The van der Waals surface area contributed by atoms with Crippen molar-refractivity contribution in [2.45, 2.75) is 58.2 Å². The van der Waals surface area contributed by atoms with Gasteiger partial charge in [-0.15, -0.1) is 0 Å². The van der Waals surface area contributed by atoms with Crippen LogP contribution in [0.3, 0.4) is 0 Å². The Morgan fingerprint density at radius 1 is 0.725 bits per heavy atom. The molecule has 3 rings (SSSR count). The Balaban J connectivity index is 1.62. The largest absolute Gasteiger partial charge is 0.459 e. The Hall–Kier alpha value is -3.97. The highest BCUT2D eigenvalue weighted by molar-refractivity contribution is 5.91. The van der Waals surface area contributed by atoms with Gasteiger partial charge in [0.05, 0.1) is 6.54 Å². The molecule has 2 amide bonds. The average Bonchev–Trinajstić information content (AvgIpc) is 2.96. The Kier molecular flexibility index (Phi) is 12.4. The van der Waals surface area contributed by atoms with E-state index >= 15 is 0 Å². The third kappa shape index (κ3) is 10.7. The smallest absolute Gasteiger partial charge is 0.328 e. The molecule has 3 atom stereocenters. The second kappa shape index (κ2) is 16.2. The molecule has 0 saturated carbocycles. The topological polar surface area (TPSA) is 96.5 Å². The molecule has 0 saturated heterocycles. The maximum atomic E-state index is 13.5. The van der Waals surface area contributed by atoms with E-state index in [4.69, 9.17) is 4.74 Å². The molecule has 0 heterocycles. The zero-order valence-corrected chi connectivity index (χ0v) is 23.6. The summed E-state index contributed by atoms with van der Waals surface area (Å²) in [6.07, 6.45) is 0.719. The summed E-state index contributed by atoms with van der Waals surface area (Å²) in [5.41, 5.74) is 2.96. The van der Waals surface area contributed by atoms with Crippen LogP contribution in [0.4, 0.5) is 0 Å². The maximum Gasteiger partial charge on any atom is 0.328 e. The van der Waals surface area contributed by atoms with E-state index in [2.05, 4.69) is 35.0 Å². The molecule has 0 radical (unpaired) electrons. The van der Waals surface area contributed by atoms with Crippen LogP contribution in [0.1, 0.15) is 49.8 Å². The molecule has 3 aromatic carbocycles. The van der Waals surface area contributed by atoms with Gasteiger partial charge in [-0.3, -0.25) is 9.59 Å². The lowest BCUT2D eigenvalue weighted by atomic mass is 10.0. The van der Waals surface area contributed by atoms with E-state index < -0.39 is 24.0 Å². The zero-order valence-electron chi connectivity index (χ0n) is 23.6. The SMILES string of the molecule is CC(C)CC(NC(=O)C(Cc1ccccc1)NC(=O)CNCC(C)c1ccccc1)C(=O)OCc1ccccc1. The van der Waals surface area contributed by atoms with Crippen molar-refractivity contribution in [1.82, 2.24) is 16.0 Å². The van der Waals surface area contributed by atoms with Gasteiger partial charge in [0.2, 0.25) is 11.8 Å². The lowest BCUT2D eigenvalue weighted by molar-refractivity contribution is -0.149. The van der Waals surface area contributed by atoms with Gasteiger partial charge in [0.1, 0.15) is 18.7 Å². The number of hydrogen-bond acceptors (Lipinski definition) is 5.